The van der Waals surface area contributed by atoms with Crippen LogP contribution in [0.1, 0.15) is 70.5 Å². The summed E-state index contributed by atoms with van der Waals surface area (Å²) in [6.07, 6.45) is 1.92. The van der Waals surface area contributed by atoms with E-state index in [1.54, 1.807) is 12.1 Å². The van der Waals surface area contributed by atoms with Crippen LogP contribution in [-0.2, 0) is 9.53 Å². The van der Waals surface area contributed by atoms with E-state index < -0.39 is 18.2 Å². The second kappa shape index (κ2) is 9.32. The molecule has 6 nitrogen and oxygen atoms in total. The molecular formula is C21H25NO5S. The summed E-state index contributed by atoms with van der Waals surface area (Å²) in [5.74, 6) is -0.931. The molecule has 1 aliphatic rings. The molecule has 0 aliphatic carbocycles. The largest absolute Gasteiger partial charge is 0.477 e. The fraction of sp³-hybridized carbons (Fsp3) is 0.429. The predicted molar refractivity (Wildman–Crippen MR) is 107 cm³/mol. The van der Waals surface area contributed by atoms with Gasteiger partial charge in [0.25, 0.3) is 0 Å². The number of ether oxygens (including phenoxy) is 1. The molecule has 1 aromatic carbocycles. The first-order valence-electron chi connectivity index (χ1n) is 9.49. The van der Waals surface area contributed by atoms with Crippen LogP contribution in [0.25, 0.3) is 0 Å². The van der Waals surface area contributed by atoms with E-state index in [1.807, 2.05) is 31.2 Å². The Morgan fingerprint density at radius 3 is 2.54 bits per heavy atom. The number of aromatic carboxylic acids is 1. The molecule has 1 amide bonds. The third-order valence-electron chi connectivity index (χ3n) is 4.83. The molecule has 2 aromatic rings. The number of hydrogen-bond donors (Lipinski definition) is 3. The van der Waals surface area contributed by atoms with Crippen molar-refractivity contribution >= 4 is 23.2 Å². The van der Waals surface area contributed by atoms with Gasteiger partial charge in [-0.05, 0) is 36.1 Å². The lowest BCUT2D eigenvalue weighted by Crippen LogP contribution is -2.30. The van der Waals surface area contributed by atoms with Crippen molar-refractivity contribution in [3.05, 3.63) is 57.3 Å². The second-order valence-electron chi connectivity index (χ2n) is 6.99. The Morgan fingerprint density at radius 1 is 1.25 bits per heavy atom. The molecule has 0 bridgehead atoms. The zero-order chi connectivity index (χ0) is 20.1. The van der Waals surface area contributed by atoms with E-state index in [-0.39, 0.29) is 16.8 Å². The average Bonchev–Trinajstić information content (AvgIpc) is 3.32. The van der Waals surface area contributed by atoms with Crippen molar-refractivity contribution in [2.75, 3.05) is 6.61 Å². The lowest BCUT2D eigenvalue weighted by atomic mass is 10.0. The van der Waals surface area contributed by atoms with Crippen molar-refractivity contribution in [1.29, 1.82) is 0 Å². The van der Waals surface area contributed by atoms with Crippen LogP contribution < -0.4 is 5.32 Å². The molecule has 1 aromatic heterocycles. The summed E-state index contributed by atoms with van der Waals surface area (Å²) in [7, 11) is 0. The Bertz CT molecular complexity index is 816. The zero-order valence-electron chi connectivity index (χ0n) is 15.8. The van der Waals surface area contributed by atoms with Gasteiger partial charge in [0, 0.05) is 11.3 Å². The van der Waals surface area contributed by atoms with E-state index in [2.05, 4.69) is 5.32 Å². The van der Waals surface area contributed by atoms with Crippen LogP contribution in [0.2, 0.25) is 0 Å². The lowest BCUT2D eigenvalue weighted by molar-refractivity contribution is -0.119. The number of benzene rings is 1. The van der Waals surface area contributed by atoms with Gasteiger partial charge in [0.15, 0.2) is 0 Å². The molecule has 7 heteroatoms. The molecule has 2 heterocycles. The first-order valence-corrected chi connectivity index (χ1v) is 10.3. The molecule has 150 valence electrons. The Hall–Kier alpha value is -2.22. The summed E-state index contributed by atoms with van der Waals surface area (Å²) in [5.41, 5.74) is 1.74. The van der Waals surface area contributed by atoms with Gasteiger partial charge in [-0.1, -0.05) is 37.6 Å². The number of thiophene rings is 1. The van der Waals surface area contributed by atoms with Crippen LogP contribution in [0.15, 0.2) is 36.4 Å². The first kappa shape index (κ1) is 20.5. The molecule has 3 atom stereocenters. The first-order chi connectivity index (χ1) is 13.5. The Morgan fingerprint density at radius 2 is 1.96 bits per heavy atom. The summed E-state index contributed by atoms with van der Waals surface area (Å²) in [6, 6.07) is 10.9. The number of carboxylic acids is 1. The third-order valence-corrected chi connectivity index (χ3v) is 5.95. The third kappa shape index (κ3) is 4.98. The van der Waals surface area contributed by atoms with E-state index in [0.717, 1.165) is 28.8 Å². The minimum atomic E-state index is -0.962. The predicted octanol–water partition coefficient (Wildman–Crippen LogP) is 3.66. The van der Waals surface area contributed by atoms with E-state index in [0.29, 0.717) is 19.4 Å². The highest BCUT2D eigenvalue weighted by Gasteiger charge is 2.25. The lowest BCUT2D eigenvalue weighted by Gasteiger charge is -2.20. The Kier molecular flexibility index (Phi) is 6.83. The maximum absolute atomic E-state index is 11.4. The number of aliphatic hydroxyl groups is 1. The van der Waals surface area contributed by atoms with Gasteiger partial charge in [-0.2, -0.15) is 0 Å². The minimum absolute atomic E-state index is 0.0282. The van der Waals surface area contributed by atoms with E-state index in [1.165, 1.54) is 11.3 Å². The number of carboxylic acid groups (broad SMARTS) is 1. The van der Waals surface area contributed by atoms with E-state index in [4.69, 9.17) is 4.74 Å². The maximum Gasteiger partial charge on any atom is 0.345 e. The molecular weight excluding hydrogens is 378 g/mol. The Balaban J connectivity index is 1.80. The van der Waals surface area contributed by atoms with Crippen LogP contribution in [-0.4, -0.2) is 34.7 Å². The normalized spacial score (nSPS) is 18.6. The van der Waals surface area contributed by atoms with Gasteiger partial charge in [-0.15, -0.1) is 11.3 Å². The van der Waals surface area contributed by atoms with E-state index in [9.17, 15) is 19.8 Å². The summed E-state index contributed by atoms with van der Waals surface area (Å²) >= 11 is 1.18. The summed E-state index contributed by atoms with van der Waals surface area (Å²) in [5, 5.41) is 22.3. The number of hydrogen-bond acceptors (Lipinski definition) is 5. The molecule has 1 aliphatic heterocycles. The van der Waals surface area contributed by atoms with Crippen LogP contribution in [0.4, 0.5) is 0 Å². The molecule has 1 saturated heterocycles. The number of aliphatic hydroxyl groups excluding tert-OH is 1. The molecule has 28 heavy (non-hydrogen) atoms. The standard InChI is InChI=1S/C21H25NO5S/c1-2-3-16(23)13-4-6-14(7-5-13)20(17-9-10-18(28-17)21(25)26)27-12-15-8-11-19(24)22-15/h4-7,9-10,15-16,20,23H,2-3,8,11-12H2,1H3,(H,22,24)(H,25,26)/t15?,16?,20-/m0/s1. The van der Waals surface area contributed by atoms with Gasteiger partial charge in [0.2, 0.25) is 5.91 Å². The highest BCUT2D eigenvalue weighted by atomic mass is 32.1. The smallest absolute Gasteiger partial charge is 0.345 e. The Labute approximate surface area is 168 Å². The topological polar surface area (TPSA) is 95.9 Å². The summed E-state index contributed by atoms with van der Waals surface area (Å²) < 4.78 is 6.13. The van der Waals surface area contributed by atoms with Crippen molar-refractivity contribution in [2.45, 2.75) is 50.9 Å². The van der Waals surface area contributed by atoms with Crippen LogP contribution in [0.5, 0.6) is 0 Å². The number of rotatable bonds is 9. The zero-order valence-corrected chi connectivity index (χ0v) is 16.6. The molecule has 0 saturated carbocycles. The highest BCUT2D eigenvalue weighted by Crippen LogP contribution is 2.33. The van der Waals surface area contributed by atoms with Gasteiger partial charge in [-0.25, -0.2) is 4.79 Å². The quantitative estimate of drug-likeness (QED) is 0.594. The molecule has 3 rings (SSSR count). The van der Waals surface area contributed by atoms with Crippen molar-refractivity contribution in [1.82, 2.24) is 5.32 Å². The summed E-state index contributed by atoms with van der Waals surface area (Å²) in [4.78, 5) is 23.7. The van der Waals surface area contributed by atoms with Crippen LogP contribution in [0.3, 0.4) is 0 Å². The van der Waals surface area contributed by atoms with Crippen molar-refractivity contribution in [3.63, 3.8) is 0 Å². The number of carbonyl (C=O) groups is 2. The SMILES string of the molecule is CCCC(O)c1ccc([C@H](OCC2CCC(=O)N2)c2ccc(C(=O)O)s2)cc1. The van der Waals surface area contributed by atoms with Crippen molar-refractivity contribution in [2.24, 2.45) is 0 Å². The van der Waals surface area contributed by atoms with E-state index >= 15 is 0 Å². The van der Waals surface area contributed by atoms with Crippen molar-refractivity contribution in [3.8, 4) is 0 Å². The fourth-order valence-electron chi connectivity index (χ4n) is 3.30. The molecule has 3 N–H and O–H groups in total. The van der Waals surface area contributed by atoms with Gasteiger partial charge in [0.05, 0.1) is 18.8 Å². The molecule has 1 fully saturated rings. The summed E-state index contributed by atoms with van der Waals surface area (Å²) in [6.45, 7) is 2.39. The van der Waals surface area contributed by atoms with Gasteiger partial charge >= 0.3 is 5.97 Å². The number of amides is 1. The van der Waals surface area contributed by atoms with Gasteiger partial charge < -0.3 is 20.3 Å². The number of carbonyl (C=O) groups excluding carboxylic acids is 1. The van der Waals surface area contributed by atoms with Crippen LogP contribution >= 0.6 is 11.3 Å². The molecule has 0 radical (unpaired) electrons. The van der Waals surface area contributed by atoms with Crippen LogP contribution in [0, 0.1) is 0 Å². The monoisotopic (exact) mass is 403 g/mol. The minimum Gasteiger partial charge on any atom is -0.477 e. The molecule has 0 spiro atoms. The highest BCUT2D eigenvalue weighted by molar-refractivity contribution is 7.14. The van der Waals surface area contributed by atoms with Crippen molar-refractivity contribution < 1.29 is 24.5 Å². The van der Waals surface area contributed by atoms with Gasteiger partial charge in [0.1, 0.15) is 11.0 Å². The average molecular weight is 404 g/mol. The fourth-order valence-corrected chi connectivity index (χ4v) is 4.22. The number of nitrogens with one attached hydrogen (secondary N) is 1. The van der Waals surface area contributed by atoms with Gasteiger partial charge in [-0.3, -0.25) is 4.79 Å². The maximum atomic E-state index is 11.4. The molecule has 2 unspecified atom stereocenters. The second-order valence-corrected chi connectivity index (χ2v) is 8.11.